The first-order chi connectivity index (χ1) is 8.78. The van der Waals surface area contributed by atoms with Crippen LogP contribution in [0.3, 0.4) is 0 Å². The molecular weight excluding hydrogens is 248 g/mol. The molecule has 2 aliphatic heterocycles. The van der Waals surface area contributed by atoms with Gasteiger partial charge in [0.25, 0.3) is 5.91 Å². The van der Waals surface area contributed by atoms with E-state index in [9.17, 15) is 14.4 Å². The first-order valence-corrected chi connectivity index (χ1v) is 6.54. The van der Waals surface area contributed by atoms with E-state index in [0.29, 0.717) is 25.9 Å². The molecule has 106 valence electrons. The summed E-state index contributed by atoms with van der Waals surface area (Å²) in [5.74, 6) is -0.227. The SMILES string of the molecule is CC(C)(C)CC(=O)N1CC[C@H](N2C(=O)COC2=O)C1. The molecule has 2 rings (SSSR count). The molecule has 0 aliphatic carbocycles. The largest absolute Gasteiger partial charge is 0.439 e. The predicted octanol–water partition coefficient (Wildman–Crippen LogP) is 1.00. The second-order valence-corrected chi connectivity index (χ2v) is 6.34. The number of hydrogen-bond donors (Lipinski definition) is 0. The standard InChI is InChI=1S/C13H20N2O4/c1-13(2,3)6-10(16)14-5-4-9(7-14)15-11(17)8-19-12(15)18/h9H,4-8H2,1-3H3/t9-/m0/s1. The fourth-order valence-electron chi connectivity index (χ4n) is 2.46. The lowest BCUT2D eigenvalue weighted by Gasteiger charge is -2.24. The predicted molar refractivity (Wildman–Crippen MR) is 67.3 cm³/mol. The highest BCUT2D eigenvalue weighted by atomic mass is 16.6. The van der Waals surface area contributed by atoms with Crippen molar-refractivity contribution in [2.75, 3.05) is 19.7 Å². The van der Waals surface area contributed by atoms with Crippen LogP contribution in [0, 0.1) is 5.41 Å². The summed E-state index contributed by atoms with van der Waals surface area (Å²) in [6, 6.07) is -0.230. The molecule has 2 fully saturated rings. The molecule has 0 spiro atoms. The van der Waals surface area contributed by atoms with Gasteiger partial charge >= 0.3 is 6.09 Å². The number of hydrogen-bond acceptors (Lipinski definition) is 4. The minimum Gasteiger partial charge on any atom is -0.439 e. The number of imide groups is 1. The molecule has 0 radical (unpaired) electrons. The van der Waals surface area contributed by atoms with Crippen LogP contribution in [0.4, 0.5) is 4.79 Å². The van der Waals surface area contributed by atoms with Gasteiger partial charge in [0, 0.05) is 19.5 Å². The maximum atomic E-state index is 12.1. The van der Waals surface area contributed by atoms with Crippen molar-refractivity contribution in [1.82, 2.24) is 9.80 Å². The van der Waals surface area contributed by atoms with Crippen molar-refractivity contribution in [3.8, 4) is 0 Å². The van der Waals surface area contributed by atoms with Gasteiger partial charge in [0.2, 0.25) is 5.91 Å². The van der Waals surface area contributed by atoms with Crippen LogP contribution in [0.25, 0.3) is 0 Å². The minimum absolute atomic E-state index is 0.0580. The molecule has 0 aromatic heterocycles. The Morgan fingerprint density at radius 1 is 1.37 bits per heavy atom. The quantitative estimate of drug-likeness (QED) is 0.749. The summed E-state index contributed by atoms with van der Waals surface area (Å²) in [5.41, 5.74) is -0.0580. The lowest BCUT2D eigenvalue weighted by Crippen LogP contribution is -2.42. The van der Waals surface area contributed by atoms with Gasteiger partial charge in [0.1, 0.15) is 0 Å². The number of rotatable bonds is 2. The molecule has 0 aromatic carbocycles. The van der Waals surface area contributed by atoms with Gasteiger partial charge < -0.3 is 9.64 Å². The lowest BCUT2D eigenvalue weighted by atomic mass is 9.92. The number of carbonyl (C=O) groups is 3. The molecule has 6 nitrogen and oxygen atoms in total. The Bertz CT molecular complexity index is 397. The van der Waals surface area contributed by atoms with Gasteiger partial charge in [-0.1, -0.05) is 20.8 Å². The van der Waals surface area contributed by atoms with Gasteiger partial charge in [0.15, 0.2) is 6.61 Å². The Labute approximate surface area is 112 Å². The van der Waals surface area contributed by atoms with E-state index in [4.69, 9.17) is 4.74 Å². The Kier molecular flexibility index (Phi) is 3.52. The summed E-state index contributed by atoms with van der Waals surface area (Å²) in [6.07, 6.45) is 0.523. The van der Waals surface area contributed by atoms with E-state index in [0.717, 1.165) is 4.90 Å². The molecule has 3 amide bonds. The third-order valence-electron chi connectivity index (χ3n) is 3.35. The molecule has 1 atom stereocenters. The Morgan fingerprint density at radius 3 is 2.58 bits per heavy atom. The fourth-order valence-corrected chi connectivity index (χ4v) is 2.46. The highest BCUT2D eigenvalue weighted by Crippen LogP contribution is 2.24. The Hall–Kier alpha value is -1.59. The summed E-state index contributed by atoms with van der Waals surface area (Å²) >= 11 is 0. The molecule has 6 heteroatoms. The topological polar surface area (TPSA) is 66.9 Å². The Morgan fingerprint density at radius 2 is 2.05 bits per heavy atom. The molecule has 0 unspecified atom stereocenters. The lowest BCUT2D eigenvalue weighted by molar-refractivity contribution is -0.133. The van der Waals surface area contributed by atoms with Crippen molar-refractivity contribution in [2.24, 2.45) is 5.41 Å². The van der Waals surface area contributed by atoms with Crippen LogP contribution in [0.5, 0.6) is 0 Å². The number of amides is 3. The van der Waals surface area contributed by atoms with Crippen molar-refractivity contribution in [1.29, 1.82) is 0 Å². The third-order valence-corrected chi connectivity index (χ3v) is 3.35. The number of cyclic esters (lactones) is 1. The number of ether oxygens (including phenoxy) is 1. The average Bonchev–Trinajstić information content (AvgIpc) is 2.83. The van der Waals surface area contributed by atoms with Crippen LogP contribution in [-0.4, -0.2) is 53.4 Å². The zero-order chi connectivity index (χ0) is 14.2. The Balaban J connectivity index is 1.95. The van der Waals surface area contributed by atoms with Gasteiger partial charge in [-0.3, -0.25) is 9.59 Å². The van der Waals surface area contributed by atoms with Crippen LogP contribution in [0.1, 0.15) is 33.6 Å². The molecule has 0 N–H and O–H groups in total. The molecule has 2 saturated heterocycles. The zero-order valence-corrected chi connectivity index (χ0v) is 11.6. The monoisotopic (exact) mass is 268 g/mol. The number of nitrogens with zero attached hydrogens (tertiary/aromatic N) is 2. The van der Waals surface area contributed by atoms with Crippen molar-refractivity contribution in [3.05, 3.63) is 0 Å². The van der Waals surface area contributed by atoms with E-state index in [2.05, 4.69) is 0 Å². The second-order valence-electron chi connectivity index (χ2n) is 6.34. The molecule has 2 heterocycles. The molecular formula is C13H20N2O4. The maximum Gasteiger partial charge on any atom is 0.417 e. The summed E-state index contributed by atoms with van der Waals surface area (Å²) in [6.45, 7) is 6.89. The molecule has 19 heavy (non-hydrogen) atoms. The summed E-state index contributed by atoms with van der Waals surface area (Å²) in [5, 5.41) is 0. The van der Waals surface area contributed by atoms with Crippen molar-refractivity contribution < 1.29 is 19.1 Å². The maximum absolute atomic E-state index is 12.1. The van der Waals surface area contributed by atoms with E-state index < -0.39 is 6.09 Å². The fraction of sp³-hybridized carbons (Fsp3) is 0.769. The highest BCUT2D eigenvalue weighted by molar-refractivity contribution is 5.98. The van der Waals surface area contributed by atoms with E-state index in [1.54, 1.807) is 4.90 Å². The van der Waals surface area contributed by atoms with Crippen LogP contribution in [-0.2, 0) is 14.3 Å². The van der Waals surface area contributed by atoms with Crippen LogP contribution in [0.15, 0.2) is 0 Å². The van der Waals surface area contributed by atoms with Crippen molar-refractivity contribution >= 4 is 17.9 Å². The third kappa shape index (κ3) is 3.05. The van der Waals surface area contributed by atoms with Crippen LogP contribution >= 0.6 is 0 Å². The first kappa shape index (κ1) is 13.8. The molecule has 2 aliphatic rings. The average molecular weight is 268 g/mol. The summed E-state index contributed by atoms with van der Waals surface area (Å²) in [7, 11) is 0. The van der Waals surface area contributed by atoms with E-state index in [1.807, 2.05) is 20.8 Å². The van der Waals surface area contributed by atoms with Gasteiger partial charge in [0.05, 0.1) is 6.04 Å². The first-order valence-electron chi connectivity index (χ1n) is 6.54. The second kappa shape index (κ2) is 4.83. The summed E-state index contributed by atoms with van der Waals surface area (Å²) in [4.78, 5) is 38.0. The molecule has 0 aromatic rings. The van der Waals surface area contributed by atoms with Gasteiger partial charge in [-0.05, 0) is 11.8 Å². The van der Waals surface area contributed by atoms with Gasteiger partial charge in [-0.2, -0.15) is 0 Å². The van der Waals surface area contributed by atoms with E-state index >= 15 is 0 Å². The number of carbonyl (C=O) groups excluding carboxylic acids is 3. The highest BCUT2D eigenvalue weighted by Gasteiger charge is 2.41. The number of likely N-dealkylation sites (tertiary alicyclic amines) is 1. The summed E-state index contributed by atoms with van der Waals surface area (Å²) < 4.78 is 4.70. The van der Waals surface area contributed by atoms with Crippen LogP contribution < -0.4 is 0 Å². The van der Waals surface area contributed by atoms with Crippen molar-refractivity contribution in [2.45, 2.75) is 39.7 Å². The van der Waals surface area contributed by atoms with E-state index in [1.165, 1.54) is 0 Å². The normalized spacial score (nSPS) is 24.1. The molecule has 0 bridgehead atoms. The van der Waals surface area contributed by atoms with Crippen molar-refractivity contribution in [3.63, 3.8) is 0 Å². The molecule has 0 saturated carbocycles. The zero-order valence-electron chi connectivity index (χ0n) is 11.6. The van der Waals surface area contributed by atoms with Gasteiger partial charge in [-0.15, -0.1) is 0 Å². The van der Waals surface area contributed by atoms with Crippen LogP contribution in [0.2, 0.25) is 0 Å². The minimum atomic E-state index is -0.583. The van der Waals surface area contributed by atoms with Gasteiger partial charge in [-0.25, -0.2) is 9.69 Å². The van der Waals surface area contributed by atoms with E-state index in [-0.39, 0.29) is 29.9 Å². The smallest absolute Gasteiger partial charge is 0.417 e.